The molecule has 3 aromatic carbocycles. The molecule has 0 spiro atoms. The van der Waals surface area contributed by atoms with Crippen molar-refractivity contribution in [1.82, 2.24) is 5.32 Å². The van der Waals surface area contributed by atoms with Gasteiger partial charge in [0.05, 0.1) is 6.10 Å². The van der Waals surface area contributed by atoms with Gasteiger partial charge in [0.25, 0.3) is 11.8 Å². The zero-order valence-corrected chi connectivity index (χ0v) is 18.8. The van der Waals surface area contributed by atoms with Crippen LogP contribution in [0.5, 0.6) is 5.75 Å². The fourth-order valence-corrected chi connectivity index (χ4v) is 3.01. The average molecular weight is 443 g/mol. The largest absolute Gasteiger partial charge is 0.491 e. The van der Waals surface area contributed by atoms with E-state index in [9.17, 15) is 14.4 Å². The summed E-state index contributed by atoms with van der Waals surface area (Å²) >= 11 is 0. The highest BCUT2D eigenvalue weighted by molar-refractivity contribution is 6.10. The molecule has 33 heavy (non-hydrogen) atoms. The highest BCUT2D eigenvalue weighted by atomic mass is 16.5. The van der Waals surface area contributed by atoms with Gasteiger partial charge in [0.1, 0.15) is 11.4 Å². The number of nitrogens with one attached hydrogen (secondary N) is 2. The average Bonchev–Trinajstić information content (AvgIpc) is 2.80. The Hall–Kier alpha value is -4.19. The highest BCUT2D eigenvalue weighted by Crippen LogP contribution is 2.17. The number of benzene rings is 3. The van der Waals surface area contributed by atoms with E-state index >= 15 is 0 Å². The van der Waals surface area contributed by atoms with Gasteiger partial charge in [-0.1, -0.05) is 30.3 Å². The standard InChI is InChI=1S/C27H26N2O4/c1-18(2)33-24-15-9-20(10-16-24)17-25(29-26(31)22-7-5-4-6-8-22)27(32)28-23-13-11-21(12-14-23)19(3)30/h4-18H,1-3H3,(H,28,32)(H,29,31)/b25-17+. The van der Waals surface area contributed by atoms with Crippen LogP contribution in [-0.4, -0.2) is 23.7 Å². The summed E-state index contributed by atoms with van der Waals surface area (Å²) in [4.78, 5) is 37.2. The molecule has 2 N–H and O–H groups in total. The normalized spacial score (nSPS) is 11.1. The SMILES string of the molecule is CC(=O)c1ccc(NC(=O)/C(=C\c2ccc(OC(C)C)cc2)NC(=O)c2ccccc2)cc1. The second-order valence-electron chi connectivity index (χ2n) is 7.70. The second kappa shape index (κ2) is 10.9. The predicted molar refractivity (Wildman–Crippen MR) is 129 cm³/mol. The van der Waals surface area contributed by atoms with Gasteiger partial charge in [-0.25, -0.2) is 0 Å². The third-order valence-corrected chi connectivity index (χ3v) is 4.64. The summed E-state index contributed by atoms with van der Waals surface area (Å²) in [5.41, 5.74) is 2.28. The molecule has 0 unspecified atom stereocenters. The van der Waals surface area contributed by atoms with Gasteiger partial charge in [-0.3, -0.25) is 14.4 Å². The summed E-state index contributed by atoms with van der Waals surface area (Å²) in [5, 5.41) is 5.47. The number of hydrogen-bond donors (Lipinski definition) is 2. The Morgan fingerprint density at radius 3 is 2.03 bits per heavy atom. The van der Waals surface area contributed by atoms with Crippen molar-refractivity contribution in [3.05, 3.63) is 101 Å². The summed E-state index contributed by atoms with van der Waals surface area (Å²) in [6.45, 7) is 5.36. The fraction of sp³-hybridized carbons (Fsp3) is 0.148. The van der Waals surface area contributed by atoms with Crippen molar-refractivity contribution in [1.29, 1.82) is 0 Å². The van der Waals surface area contributed by atoms with Crippen molar-refractivity contribution in [3.8, 4) is 5.75 Å². The number of carbonyl (C=O) groups excluding carboxylic acids is 3. The van der Waals surface area contributed by atoms with Crippen LogP contribution in [-0.2, 0) is 4.79 Å². The van der Waals surface area contributed by atoms with Crippen molar-refractivity contribution < 1.29 is 19.1 Å². The third kappa shape index (κ3) is 6.90. The molecular weight excluding hydrogens is 416 g/mol. The molecule has 0 aromatic heterocycles. The van der Waals surface area contributed by atoms with E-state index in [-0.39, 0.29) is 17.6 Å². The number of hydrogen-bond acceptors (Lipinski definition) is 4. The molecule has 0 aliphatic carbocycles. The van der Waals surface area contributed by atoms with Gasteiger partial charge in [-0.15, -0.1) is 0 Å². The van der Waals surface area contributed by atoms with E-state index in [0.717, 1.165) is 5.56 Å². The molecule has 0 bridgehead atoms. The van der Waals surface area contributed by atoms with E-state index < -0.39 is 11.8 Å². The van der Waals surface area contributed by atoms with Crippen LogP contribution in [0.4, 0.5) is 5.69 Å². The third-order valence-electron chi connectivity index (χ3n) is 4.64. The van der Waals surface area contributed by atoms with Crippen LogP contribution < -0.4 is 15.4 Å². The van der Waals surface area contributed by atoms with Crippen LogP contribution in [0.15, 0.2) is 84.6 Å². The maximum Gasteiger partial charge on any atom is 0.272 e. The summed E-state index contributed by atoms with van der Waals surface area (Å²) in [6, 6.07) is 22.4. The lowest BCUT2D eigenvalue weighted by Crippen LogP contribution is -2.30. The molecule has 0 atom stereocenters. The summed E-state index contributed by atoms with van der Waals surface area (Å²) in [7, 11) is 0. The number of ether oxygens (including phenoxy) is 1. The molecule has 168 valence electrons. The zero-order valence-electron chi connectivity index (χ0n) is 18.8. The lowest BCUT2D eigenvalue weighted by atomic mass is 10.1. The number of Topliss-reactive ketones (excluding diaryl/α,β-unsaturated/α-hetero) is 1. The van der Waals surface area contributed by atoms with Gasteiger partial charge in [0.2, 0.25) is 0 Å². The van der Waals surface area contributed by atoms with Crippen molar-refractivity contribution >= 4 is 29.4 Å². The molecule has 6 nitrogen and oxygen atoms in total. The maximum absolute atomic E-state index is 13.0. The number of rotatable bonds is 8. The minimum atomic E-state index is -0.489. The number of ketones is 1. The molecule has 0 aliphatic rings. The first-order valence-corrected chi connectivity index (χ1v) is 10.6. The summed E-state index contributed by atoms with van der Waals surface area (Å²) in [5.74, 6) is -0.235. The molecule has 0 radical (unpaired) electrons. The lowest BCUT2D eigenvalue weighted by molar-refractivity contribution is -0.113. The van der Waals surface area contributed by atoms with Crippen molar-refractivity contribution in [2.24, 2.45) is 0 Å². The topological polar surface area (TPSA) is 84.5 Å². The van der Waals surface area contributed by atoms with Gasteiger partial charge in [-0.2, -0.15) is 0 Å². The molecule has 0 saturated carbocycles. The molecule has 0 fully saturated rings. The van der Waals surface area contributed by atoms with Gasteiger partial charge in [0, 0.05) is 16.8 Å². The molecule has 3 aromatic rings. The lowest BCUT2D eigenvalue weighted by Gasteiger charge is -2.12. The first kappa shape index (κ1) is 23.5. The fourth-order valence-electron chi connectivity index (χ4n) is 3.01. The monoisotopic (exact) mass is 442 g/mol. The van der Waals surface area contributed by atoms with E-state index in [1.54, 1.807) is 78.9 Å². The first-order chi connectivity index (χ1) is 15.8. The molecule has 2 amide bonds. The quantitative estimate of drug-likeness (QED) is 0.376. The van der Waals surface area contributed by atoms with Crippen LogP contribution in [0.1, 0.15) is 47.1 Å². The van der Waals surface area contributed by atoms with Gasteiger partial charge < -0.3 is 15.4 Å². The summed E-state index contributed by atoms with van der Waals surface area (Å²) < 4.78 is 5.66. The van der Waals surface area contributed by atoms with Crippen molar-refractivity contribution in [2.45, 2.75) is 26.9 Å². The number of amides is 2. The van der Waals surface area contributed by atoms with Gasteiger partial charge in [0.15, 0.2) is 5.78 Å². The van der Waals surface area contributed by atoms with E-state index in [0.29, 0.717) is 22.6 Å². The van der Waals surface area contributed by atoms with Crippen molar-refractivity contribution in [2.75, 3.05) is 5.32 Å². The van der Waals surface area contributed by atoms with Crippen molar-refractivity contribution in [3.63, 3.8) is 0 Å². The van der Waals surface area contributed by atoms with Crippen LogP contribution >= 0.6 is 0 Å². The maximum atomic E-state index is 13.0. The van der Waals surface area contributed by atoms with Crippen LogP contribution in [0.3, 0.4) is 0 Å². The summed E-state index contributed by atoms with van der Waals surface area (Å²) in [6.07, 6.45) is 1.64. The Labute approximate surface area is 193 Å². The molecule has 0 heterocycles. The highest BCUT2D eigenvalue weighted by Gasteiger charge is 2.15. The van der Waals surface area contributed by atoms with Gasteiger partial charge in [-0.05, 0) is 80.9 Å². The molecule has 6 heteroatoms. The Morgan fingerprint density at radius 2 is 1.45 bits per heavy atom. The Balaban J connectivity index is 1.85. The smallest absolute Gasteiger partial charge is 0.272 e. The second-order valence-corrected chi connectivity index (χ2v) is 7.70. The molecule has 0 aliphatic heterocycles. The van der Waals surface area contributed by atoms with Crippen LogP contribution in [0, 0.1) is 0 Å². The number of carbonyl (C=O) groups is 3. The Bertz CT molecular complexity index is 1150. The minimum absolute atomic E-state index is 0.0484. The Morgan fingerprint density at radius 1 is 0.818 bits per heavy atom. The zero-order chi connectivity index (χ0) is 23.8. The molecule has 0 saturated heterocycles. The van der Waals surface area contributed by atoms with Crippen LogP contribution in [0.2, 0.25) is 0 Å². The Kier molecular flexibility index (Phi) is 7.76. The first-order valence-electron chi connectivity index (χ1n) is 10.6. The minimum Gasteiger partial charge on any atom is -0.491 e. The van der Waals surface area contributed by atoms with E-state index in [2.05, 4.69) is 10.6 Å². The predicted octanol–water partition coefficient (Wildman–Crippen LogP) is 5.09. The van der Waals surface area contributed by atoms with Gasteiger partial charge >= 0.3 is 0 Å². The molecule has 3 rings (SSSR count). The van der Waals surface area contributed by atoms with Crippen LogP contribution in [0.25, 0.3) is 6.08 Å². The number of anilines is 1. The van der Waals surface area contributed by atoms with E-state index in [1.165, 1.54) is 6.92 Å². The van der Waals surface area contributed by atoms with E-state index in [1.807, 2.05) is 19.9 Å². The van der Waals surface area contributed by atoms with E-state index in [4.69, 9.17) is 4.74 Å². The molecular formula is C27H26N2O4.